The first-order valence-corrected chi connectivity index (χ1v) is 20.8. The van der Waals surface area contributed by atoms with E-state index in [2.05, 4.69) is 38.4 Å². The average molecular weight is 753 g/mol. The van der Waals surface area contributed by atoms with Crippen LogP contribution in [-0.4, -0.2) is 192 Å². The van der Waals surface area contributed by atoms with E-state index in [9.17, 15) is 10.2 Å². The van der Waals surface area contributed by atoms with Crippen LogP contribution in [0.3, 0.4) is 0 Å². The van der Waals surface area contributed by atoms with Gasteiger partial charge in [-0.1, -0.05) is 19.8 Å². The van der Waals surface area contributed by atoms with Crippen molar-refractivity contribution in [3.8, 4) is 0 Å². The Kier molecular flexibility index (Phi) is 46.1. The zero-order chi connectivity index (χ0) is 37.7. The molecule has 0 fully saturated rings. The van der Waals surface area contributed by atoms with Crippen LogP contribution in [0, 0.1) is 0 Å². The van der Waals surface area contributed by atoms with Gasteiger partial charge < -0.3 is 70.1 Å². The molecular formula is C38H84N6O8. The third kappa shape index (κ3) is 43.8. The lowest BCUT2D eigenvalue weighted by Gasteiger charge is -2.24. The average Bonchev–Trinajstić information content (AvgIpc) is 3.15. The molecule has 0 rings (SSSR count). The Morgan fingerprint density at radius 1 is 0.423 bits per heavy atom. The van der Waals surface area contributed by atoms with Crippen LogP contribution in [0.25, 0.3) is 0 Å². The van der Waals surface area contributed by atoms with Crippen LogP contribution in [0.4, 0.5) is 0 Å². The summed E-state index contributed by atoms with van der Waals surface area (Å²) >= 11 is 0. The Labute approximate surface area is 318 Å². The fourth-order valence-corrected chi connectivity index (χ4v) is 5.16. The second-order valence-electron chi connectivity index (χ2n) is 13.0. The topological polar surface area (TPSA) is 159 Å². The third-order valence-electron chi connectivity index (χ3n) is 8.03. The Hall–Kier alpha value is -0.560. The van der Waals surface area contributed by atoms with Crippen LogP contribution in [0.15, 0.2) is 0 Å². The summed E-state index contributed by atoms with van der Waals surface area (Å²) in [5.41, 5.74) is 0. The van der Waals surface area contributed by atoms with E-state index in [1.165, 1.54) is 25.7 Å². The van der Waals surface area contributed by atoms with Crippen molar-refractivity contribution >= 4 is 0 Å². The lowest BCUT2D eigenvalue weighted by Crippen LogP contribution is -2.36. The maximum absolute atomic E-state index is 9.96. The molecule has 0 spiro atoms. The fourth-order valence-electron chi connectivity index (χ4n) is 5.16. The van der Waals surface area contributed by atoms with Gasteiger partial charge >= 0.3 is 0 Å². The van der Waals surface area contributed by atoms with Crippen LogP contribution in [0.1, 0.15) is 71.6 Å². The highest BCUT2D eigenvalue weighted by Crippen LogP contribution is 2.00. The van der Waals surface area contributed by atoms with Crippen LogP contribution in [0.5, 0.6) is 0 Å². The molecule has 14 heteroatoms. The highest BCUT2D eigenvalue weighted by Gasteiger charge is 2.11. The summed E-state index contributed by atoms with van der Waals surface area (Å²) in [5.74, 6) is 0. The Morgan fingerprint density at radius 2 is 0.827 bits per heavy atom. The number of unbranched alkanes of at least 4 members (excludes halogenated alkanes) is 3. The van der Waals surface area contributed by atoms with Gasteiger partial charge in [-0.05, 0) is 71.5 Å². The molecule has 0 bridgehead atoms. The van der Waals surface area contributed by atoms with Gasteiger partial charge in [0.2, 0.25) is 0 Å². The van der Waals surface area contributed by atoms with Gasteiger partial charge in [0, 0.05) is 112 Å². The molecule has 0 aliphatic rings. The fraction of sp³-hybridized carbons (Fsp3) is 1.00. The molecular weight excluding hydrogens is 668 g/mol. The van der Waals surface area contributed by atoms with Gasteiger partial charge in [0.15, 0.2) is 0 Å². The Morgan fingerprint density at radius 3 is 1.35 bits per heavy atom. The van der Waals surface area contributed by atoms with Gasteiger partial charge in [-0.15, -0.1) is 0 Å². The lowest BCUT2D eigenvalue weighted by molar-refractivity contribution is 0.0488. The van der Waals surface area contributed by atoms with E-state index < -0.39 is 6.10 Å². The number of aliphatic hydroxyl groups excluding tert-OH is 2. The van der Waals surface area contributed by atoms with Crippen molar-refractivity contribution in [2.75, 3.05) is 171 Å². The van der Waals surface area contributed by atoms with E-state index in [0.717, 1.165) is 150 Å². The molecule has 0 saturated carbocycles. The van der Waals surface area contributed by atoms with Crippen molar-refractivity contribution in [2.45, 2.75) is 77.7 Å². The van der Waals surface area contributed by atoms with Crippen LogP contribution in [-0.2, 0) is 28.4 Å². The van der Waals surface area contributed by atoms with Gasteiger partial charge in [0.25, 0.3) is 0 Å². The van der Waals surface area contributed by atoms with E-state index in [1.54, 1.807) is 0 Å². The smallest absolute Gasteiger partial charge is 0.0897 e. The summed E-state index contributed by atoms with van der Waals surface area (Å²) in [5, 5.41) is 36.2. The van der Waals surface area contributed by atoms with Crippen LogP contribution < -0.4 is 26.6 Å². The van der Waals surface area contributed by atoms with Gasteiger partial charge in [0.05, 0.1) is 45.7 Å². The Bertz CT molecular complexity index is 650. The van der Waals surface area contributed by atoms with E-state index in [4.69, 9.17) is 28.4 Å². The van der Waals surface area contributed by atoms with Crippen molar-refractivity contribution in [3.63, 3.8) is 0 Å². The molecule has 1 atom stereocenters. The number of rotatable bonds is 47. The summed E-state index contributed by atoms with van der Waals surface area (Å²) in [7, 11) is 0. The van der Waals surface area contributed by atoms with Crippen LogP contribution in [0.2, 0.25) is 0 Å². The molecule has 1 unspecified atom stereocenters. The minimum absolute atomic E-state index is 0.231. The largest absolute Gasteiger partial charge is 0.394 e. The van der Waals surface area contributed by atoms with E-state index in [-0.39, 0.29) is 6.61 Å². The molecule has 7 N–H and O–H groups in total. The lowest BCUT2D eigenvalue weighted by atomic mass is 10.2. The summed E-state index contributed by atoms with van der Waals surface area (Å²) in [4.78, 5) is 2.18. The number of ether oxygens (including phenoxy) is 6. The minimum atomic E-state index is -0.735. The molecule has 0 aliphatic carbocycles. The molecule has 0 amide bonds. The number of hydrogen-bond acceptors (Lipinski definition) is 14. The zero-order valence-corrected chi connectivity index (χ0v) is 33.6. The van der Waals surface area contributed by atoms with Crippen LogP contribution >= 0.6 is 0 Å². The number of aliphatic hydroxyl groups is 2. The predicted octanol–water partition coefficient (Wildman–Crippen LogP) is 1.24. The molecule has 0 saturated heterocycles. The highest BCUT2D eigenvalue weighted by molar-refractivity contribution is 4.64. The quantitative estimate of drug-likeness (QED) is 0.0446. The first-order chi connectivity index (χ1) is 25.7. The van der Waals surface area contributed by atoms with Gasteiger partial charge in [-0.3, -0.25) is 0 Å². The first kappa shape index (κ1) is 51.4. The normalized spacial score (nSPS) is 12.4. The molecule has 0 radical (unpaired) electrons. The molecule has 14 nitrogen and oxygen atoms in total. The predicted molar refractivity (Wildman–Crippen MR) is 212 cm³/mol. The number of hydrogen-bond donors (Lipinski definition) is 7. The molecule has 0 aromatic heterocycles. The SMILES string of the molecule is CCCOCCCCCCNCCCOCCNCCOCCCN(CCCOCCNCCOCCCNCCNCCOCC)CC(O)CO. The second-order valence-corrected chi connectivity index (χ2v) is 13.0. The highest BCUT2D eigenvalue weighted by atomic mass is 16.5. The van der Waals surface area contributed by atoms with Crippen molar-refractivity contribution in [3.05, 3.63) is 0 Å². The molecule has 0 aromatic rings. The van der Waals surface area contributed by atoms with E-state index in [1.807, 2.05) is 6.92 Å². The first-order valence-electron chi connectivity index (χ1n) is 20.8. The van der Waals surface area contributed by atoms with E-state index in [0.29, 0.717) is 46.2 Å². The summed E-state index contributed by atoms with van der Waals surface area (Å²) in [6, 6.07) is 0. The van der Waals surface area contributed by atoms with Gasteiger partial charge in [-0.2, -0.15) is 0 Å². The summed E-state index contributed by atoms with van der Waals surface area (Å²) in [6.07, 6.45) is 9.09. The maximum atomic E-state index is 9.96. The number of nitrogens with one attached hydrogen (secondary N) is 5. The van der Waals surface area contributed by atoms with E-state index >= 15 is 0 Å². The zero-order valence-electron chi connectivity index (χ0n) is 33.6. The van der Waals surface area contributed by atoms with Crippen molar-refractivity contribution in [1.82, 2.24) is 31.5 Å². The molecule has 0 aromatic carbocycles. The monoisotopic (exact) mass is 753 g/mol. The van der Waals surface area contributed by atoms with Crippen molar-refractivity contribution in [1.29, 1.82) is 0 Å². The van der Waals surface area contributed by atoms with Crippen molar-refractivity contribution < 1.29 is 38.6 Å². The minimum Gasteiger partial charge on any atom is -0.394 e. The Balaban J connectivity index is 3.49. The maximum Gasteiger partial charge on any atom is 0.0897 e. The van der Waals surface area contributed by atoms with Crippen molar-refractivity contribution in [2.24, 2.45) is 0 Å². The molecule has 0 heterocycles. The summed E-state index contributed by atoms with van der Waals surface area (Å²) < 4.78 is 33.8. The molecule has 0 aliphatic heterocycles. The molecule has 314 valence electrons. The standard InChI is InChI=1S/C38H84N6O8/c1-3-25-48-26-8-6-5-7-13-39-14-9-27-49-32-19-42-21-34-51-29-11-23-44(36-38(46)37-45)24-12-30-52-35-22-43-20-33-50-28-10-15-40-16-17-41-18-31-47-4-2/h38-43,45-46H,3-37H2,1-2H3. The second kappa shape index (κ2) is 46.6. The number of nitrogens with zero attached hydrogens (tertiary/aromatic N) is 1. The van der Waals surface area contributed by atoms with Gasteiger partial charge in [0.1, 0.15) is 0 Å². The van der Waals surface area contributed by atoms with Gasteiger partial charge in [-0.25, -0.2) is 0 Å². The third-order valence-corrected chi connectivity index (χ3v) is 8.03. The molecule has 52 heavy (non-hydrogen) atoms. The summed E-state index contributed by atoms with van der Waals surface area (Å²) in [6.45, 7) is 24.0.